The van der Waals surface area contributed by atoms with Crippen molar-refractivity contribution < 1.29 is 9.53 Å². The van der Waals surface area contributed by atoms with Crippen molar-refractivity contribution in [1.29, 1.82) is 0 Å². The first-order chi connectivity index (χ1) is 16.6. The Morgan fingerprint density at radius 3 is 2.59 bits per heavy atom. The summed E-state index contributed by atoms with van der Waals surface area (Å²) in [6, 6.07) is 6.34. The minimum atomic E-state index is -0.0215. The van der Waals surface area contributed by atoms with Crippen molar-refractivity contribution in [2.45, 2.75) is 38.3 Å². The number of ether oxygens (including phenoxy) is 1. The normalized spacial score (nSPS) is 20.5. The van der Waals surface area contributed by atoms with E-state index in [0.717, 1.165) is 54.5 Å². The van der Waals surface area contributed by atoms with Gasteiger partial charge in [-0.25, -0.2) is 19.9 Å². The monoisotopic (exact) mass is 481 g/mol. The summed E-state index contributed by atoms with van der Waals surface area (Å²) in [5, 5.41) is 11.2. The molecular formula is C24H28ClN7O2. The van der Waals surface area contributed by atoms with Crippen molar-refractivity contribution in [1.82, 2.24) is 25.3 Å². The molecule has 178 valence electrons. The zero-order valence-corrected chi connectivity index (χ0v) is 19.6. The standard InChI is InChI=1S/C24H28ClN7O2/c25-22-21-17(7-8-26-22)3-6-20(32-21)31-19-4-1-15(2-5-19)9-28-24-29-11-16(12-30-24)10-27-23(33)18-13-34-14-18/h3,6-8,11-12,15,18-19H,1-2,4-5,9-10,13-14H2,(H,27,33)(H,31,32)(H,28,29,30). The number of anilines is 2. The summed E-state index contributed by atoms with van der Waals surface area (Å²) in [6.45, 7) is 2.30. The van der Waals surface area contributed by atoms with Gasteiger partial charge in [-0.2, -0.15) is 0 Å². The maximum Gasteiger partial charge on any atom is 0.228 e. The SMILES string of the molecule is O=C(NCc1cnc(NCC2CCC(Nc3ccc4ccnc(Cl)c4n3)CC2)nc1)C1COC1. The molecule has 0 radical (unpaired) electrons. The van der Waals surface area contributed by atoms with Crippen LogP contribution in [0.2, 0.25) is 5.15 Å². The highest BCUT2D eigenvalue weighted by Crippen LogP contribution is 2.27. The number of nitrogens with one attached hydrogen (secondary N) is 3. The summed E-state index contributed by atoms with van der Waals surface area (Å²) in [5.74, 6) is 2.04. The van der Waals surface area contributed by atoms with E-state index in [4.69, 9.17) is 16.3 Å². The summed E-state index contributed by atoms with van der Waals surface area (Å²) in [6.07, 6.45) is 9.61. The third-order valence-corrected chi connectivity index (χ3v) is 6.77. The molecule has 10 heteroatoms. The van der Waals surface area contributed by atoms with Gasteiger partial charge in [0.15, 0.2) is 5.15 Å². The molecule has 9 nitrogen and oxygen atoms in total. The van der Waals surface area contributed by atoms with Crippen LogP contribution in [0.3, 0.4) is 0 Å². The summed E-state index contributed by atoms with van der Waals surface area (Å²) in [5.41, 5.74) is 1.61. The zero-order chi connectivity index (χ0) is 23.3. The number of carbonyl (C=O) groups is 1. The van der Waals surface area contributed by atoms with Gasteiger partial charge >= 0.3 is 0 Å². The van der Waals surface area contributed by atoms with Crippen LogP contribution in [0.25, 0.3) is 10.9 Å². The molecular weight excluding hydrogens is 454 g/mol. The lowest BCUT2D eigenvalue weighted by Crippen LogP contribution is -2.41. The predicted octanol–water partition coefficient (Wildman–Crippen LogP) is 3.42. The molecule has 0 aromatic carbocycles. The number of aromatic nitrogens is 4. The number of halogens is 1. The maximum absolute atomic E-state index is 11.9. The van der Waals surface area contributed by atoms with Gasteiger partial charge in [0.2, 0.25) is 11.9 Å². The number of carbonyl (C=O) groups excluding carboxylic acids is 1. The second kappa shape index (κ2) is 10.5. The van der Waals surface area contributed by atoms with E-state index in [2.05, 4.69) is 35.9 Å². The molecule has 1 saturated heterocycles. The highest BCUT2D eigenvalue weighted by molar-refractivity contribution is 6.33. The Morgan fingerprint density at radius 2 is 1.85 bits per heavy atom. The van der Waals surface area contributed by atoms with E-state index in [1.807, 2.05) is 18.2 Å². The van der Waals surface area contributed by atoms with E-state index in [0.29, 0.717) is 42.8 Å². The number of rotatable bonds is 8. The van der Waals surface area contributed by atoms with Crippen LogP contribution in [0, 0.1) is 11.8 Å². The third kappa shape index (κ3) is 5.53. The molecule has 3 N–H and O–H groups in total. The molecule has 0 unspecified atom stereocenters. The van der Waals surface area contributed by atoms with Crippen LogP contribution in [0.4, 0.5) is 11.8 Å². The molecule has 1 saturated carbocycles. The molecule has 0 atom stereocenters. The Kier molecular flexibility index (Phi) is 7.01. The number of amides is 1. The molecule has 0 bridgehead atoms. The fourth-order valence-corrected chi connectivity index (χ4v) is 4.52. The lowest BCUT2D eigenvalue weighted by atomic mass is 9.86. The highest BCUT2D eigenvalue weighted by Gasteiger charge is 2.26. The van der Waals surface area contributed by atoms with Crippen molar-refractivity contribution in [3.05, 3.63) is 47.5 Å². The van der Waals surface area contributed by atoms with Gasteiger partial charge < -0.3 is 20.7 Å². The van der Waals surface area contributed by atoms with E-state index in [1.54, 1.807) is 18.6 Å². The quantitative estimate of drug-likeness (QED) is 0.419. The summed E-state index contributed by atoms with van der Waals surface area (Å²) >= 11 is 6.19. The molecule has 2 aliphatic rings. The lowest BCUT2D eigenvalue weighted by molar-refractivity contribution is -0.139. The van der Waals surface area contributed by atoms with Crippen LogP contribution in [-0.4, -0.2) is 51.6 Å². The lowest BCUT2D eigenvalue weighted by Gasteiger charge is -2.29. The average Bonchev–Trinajstić information content (AvgIpc) is 2.82. The molecule has 1 aliphatic heterocycles. The molecule has 3 aromatic heterocycles. The van der Waals surface area contributed by atoms with Crippen molar-refractivity contribution >= 4 is 40.2 Å². The van der Waals surface area contributed by atoms with E-state index in [1.165, 1.54) is 0 Å². The number of fused-ring (bicyclic) bond motifs is 1. The van der Waals surface area contributed by atoms with Crippen molar-refractivity contribution in [3.8, 4) is 0 Å². The summed E-state index contributed by atoms with van der Waals surface area (Å²) in [4.78, 5) is 29.4. The van der Waals surface area contributed by atoms with Gasteiger partial charge in [-0.15, -0.1) is 0 Å². The van der Waals surface area contributed by atoms with Crippen molar-refractivity contribution in [2.75, 3.05) is 30.4 Å². The number of pyridine rings is 2. The first-order valence-corrected chi connectivity index (χ1v) is 12.1. The Balaban J connectivity index is 1.04. The smallest absolute Gasteiger partial charge is 0.228 e. The van der Waals surface area contributed by atoms with Crippen LogP contribution >= 0.6 is 11.6 Å². The number of hydrogen-bond donors (Lipinski definition) is 3. The molecule has 3 aromatic rings. The van der Waals surface area contributed by atoms with Gasteiger partial charge in [0.25, 0.3) is 0 Å². The Bertz CT molecular complexity index is 1130. The van der Waals surface area contributed by atoms with Gasteiger partial charge in [0.05, 0.1) is 19.1 Å². The highest BCUT2D eigenvalue weighted by atomic mass is 35.5. The Labute approximate surface area is 203 Å². The van der Waals surface area contributed by atoms with E-state index < -0.39 is 0 Å². The molecule has 0 spiro atoms. The first kappa shape index (κ1) is 22.7. The average molecular weight is 482 g/mol. The Hall–Kier alpha value is -3.04. The van der Waals surface area contributed by atoms with Gasteiger partial charge in [-0.3, -0.25) is 4.79 Å². The largest absolute Gasteiger partial charge is 0.380 e. The summed E-state index contributed by atoms with van der Waals surface area (Å²) in [7, 11) is 0. The van der Waals surface area contributed by atoms with Crippen LogP contribution in [0.1, 0.15) is 31.2 Å². The molecule has 2 fully saturated rings. The van der Waals surface area contributed by atoms with Crippen molar-refractivity contribution in [3.63, 3.8) is 0 Å². The molecule has 4 heterocycles. The minimum absolute atomic E-state index is 0.0215. The molecule has 5 rings (SSSR count). The van der Waals surface area contributed by atoms with Crippen LogP contribution in [-0.2, 0) is 16.1 Å². The second-order valence-electron chi connectivity index (χ2n) is 8.98. The molecule has 34 heavy (non-hydrogen) atoms. The zero-order valence-electron chi connectivity index (χ0n) is 18.8. The topological polar surface area (TPSA) is 114 Å². The second-order valence-corrected chi connectivity index (χ2v) is 9.34. The number of nitrogens with zero attached hydrogens (tertiary/aromatic N) is 4. The van der Waals surface area contributed by atoms with Gasteiger partial charge in [0.1, 0.15) is 11.3 Å². The van der Waals surface area contributed by atoms with E-state index >= 15 is 0 Å². The number of hydrogen-bond acceptors (Lipinski definition) is 8. The van der Waals surface area contributed by atoms with Crippen LogP contribution < -0.4 is 16.0 Å². The van der Waals surface area contributed by atoms with Gasteiger partial charge in [-0.1, -0.05) is 11.6 Å². The maximum atomic E-state index is 11.9. The van der Waals surface area contributed by atoms with Crippen LogP contribution in [0.5, 0.6) is 0 Å². The van der Waals surface area contributed by atoms with Crippen molar-refractivity contribution in [2.24, 2.45) is 11.8 Å². The third-order valence-electron chi connectivity index (χ3n) is 6.49. The fourth-order valence-electron chi connectivity index (χ4n) is 4.31. The van der Waals surface area contributed by atoms with E-state index in [-0.39, 0.29) is 11.8 Å². The Morgan fingerprint density at radius 1 is 1.06 bits per heavy atom. The van der Waals surface area contributed by atoms with Gasteiger partial charge in [0, 0.05) is 48.7 Å². The van der Waals surface area contributed by atoms with E-state index in [9.17, 15) is 4.79 Å². The fraction of sp³-hybridized carbons (Fsp3) is 0.458. The molecule has 1 amide bonds. The van der Waals surface area contributed by atoms with Crippen LogP contribution in [0.15, 0.2) is 36.8 Å². The van der Waals surface area contributed by atoms with Gasteiger partial charge in [-0.05, 0) is 49.8 Å². The first-order valence-electron chi connectivity index (χ1n) is 11.7. The predicted molar refractivity (Wildman–Crippen MR) is 131 cm³/mol. The minimum Gasteiger partial charge on any atom is -0.380 e. The summed E-state index contributed by atoms with van der Waals surface area (Å²) < 4.78 is 5.04. The molecule has 1 aliphatic carbocycles.